The van der Waals surface area contributed by atoms with Crippen LogP contribution in [0.5, 0.6) is 0 Å². The van der Waals surface area contributed by atoms with Crippen molar-refractivity contribution in [2.24, 2.45) is 23.7 Å². The molecule has 1 aliphatic heterocycles. The summed E-state index contributed by atoms with van der Waals surface area (Å²) < 4.78 is 5.35. The molecule has 5 atom stereocenters. The van der Waals surface area contributed by atoms with E-state index in [4.69, 9.17) is 16.3 Å². The van der Waals surface area contributed by atoms with Crippen LogP contribution in [0.15, 0.2) is 24.3 Å². The lowest BCUT2D eigenvalue weighted by Gasteiger charge is -2.23. The molecule has 104 valence electrons. The van der Waals surface area contributed by atoms with Crippen molar-refractivity contribution in [2.45, 2.75) is 18.9 Å². The van der Waals surface area contributed by atoms with Crippen molar-refractivity contribution in [3.8, 4) is 0 Å². The Kier molecular flexibility index (Phi) is 2.58. The summed E-state index contributed by atoms with van der Waals surface area (Å²) >= 11 is 6.05. The fourth-order valence-corrected chi connectivity index (χ4v) is 4.32. The number of hydrogen-bond donors (Lipinski definition) is 1. The van der Waals surface area contributed by atoms with Crippen LogP contribution in [0.1, 0.15) is 12.8 Å². The molecule has 4 nitrogen and oxygen atoms in total. The van der Waals surface area contributed by atoms with Gasteiger partial charge in [0.25, 0.3) is 0 Å². The van der Waals surface area contributed by atoms with Gasteiger partial charge in [-0.1, -0.05) is 23.7 Å². The number of nitrogens with one attached hydrogen (secondary N) is 1. The molecule has 1 saturated heterocycles. The number of fused-ring (bicyclic) bond motifs is 1. The number of hydrogen-bond acceptors (Lipinski definition) is 3. The molecule has 3 fully saturated rings. The summed E-state index contributed by atoms with van der Waals surface area (Å²) in [5.41, 5.74) is 0.602. The minimum atomic E-state index is -0.262. The highest BCUT2D eigenvalue weighted by Crippen LogP contribution is 2.57. The van der Waals surface area contributed by atoms with Crippen LogP contribution >= 0.6 is 11.6 Å². The molecule has 1 amide bonds. The number of anilines is 1. The highest BCUT2D eigenvalue weighted by molar-refractivity contribution is 6.33. The van der Waals surface area contributed by atoms with E-state index in [1.807, 2.05) is 12.1 Å². The molecule has 2 bridgehead atoms. The number of carbonyl (C=O) groups is 2. The smallest absolute Gasteiger partial charge is 0.310 e. The van der Waals surface area contributed by atoms with Gasteiger partial charge in [-0.3, -0.25) is 9.59 Å². The van der Waals surface area contributed by atoms with Crippen LogP contribution in [-0.2, 0) is 14.3 Å². The third-order valence-corrected chi connectivity index (χ3v) is 5.25. The van der Waals surface area contributed by atoms with Crippen molar-refractivity contribution < 1.29 is 14.3 Å². The number of para-hydroxylation sites is 1. The van der Waals surface area contributed by atoms with E-state index in [9.17, 15) is 9.59 Å². The molecule has 1 aromatic rings. The van der Waals surface area contributed by atoms with Crippen LogP contribution in [0.2, 0.25) is 5.02 Å². The molecule has 0 aromatic heterocycles. The standard InChI is InChI=1S/C15H14ClNO3/c16-9-3-1-2-4-10(9)17-14(18)12-7-5-8-11(6-7)20-15(19)13(8)12/h1-4,7-8,11-13H,5-6H2,(H,17,18)/t7-,8+,11-,12-,13+/m1/s1. The Bertz CT molecular complexity index is 601. The van der Waals surface area contributed by atoms with Gasteiger partial charge < -0.3 is 10.1 Å². The molecule has 1 heterocycles. The summed E-state index contributed by atoms with van der Waals surface area (Å²) in [6.07, 6.45) is 1.82. The first-order valence-corrected chi connectivity index (χ1v) is 7.29. The van der Waals surface area contributed by atoms with E-state index in [-0.39, 0.29) is 41.7 Å². The van der Waals surface area contributed by atoms with Gasteiger partial charge in [0.15, 0.2) is 0 Å². The van der Waals surface area contributed by atoms with E-state index in [1.54, 1.807) is 12.1 Å². The van der Waals surface area contributed by atoms with Crippen LogP contribution < -0.4 is 5.32 Å². The number of esters is 1. The molecule has 4 rings (SSSR count). The largest absolute Gasteiger partial charge is 0.462 e. The maximum Gasteiger partial charge on any atom is 0.310 e. The van der Waals surface area contributed by atoms with Gasteiger partial charge in [0.1, 0.15) is 6.10 Å². The summed E-state index contributed by atoms with van der Waals surface area (Å²) in [6, 6.07) is 7.14. The quantitative estimate of drug-likeness (QED) is 0.852. The number of rotatable bonds is 2. The van der Waals surface area contributed by atoms with Crippen molar-refractivity contribution in [1.29, 1.82) is 0 Å². The highest BCUT2D eigenvalue weighted by atomic mass is 35.5. The second-order valence-corrected chi connectivity index (χ2v) is 6.30. The van der Waals surface area contributed by atoms with Crippen molar-refractivity contribution in [3.05, 3.63) is 29.3 Å². The SMILES string of the molecule is O=C(Nc1ccccc1Cl)[C@@H]1[C@@H]2C[C@@H]3[C@@H]1C(=O)O[C@@H]3C2. The van der Waals surface area contributed by atoms with Gasteiger partial charge in [0.05, 0.1) is 22.5 Å². The Morgan fingerprint density at radius 3 is 2.90 bits per heavy atom. The summed E-state index contributed by atoms with van der Waals surface area (Å²) in [5, 5.41) is 3.37. The molecular formula is C15H14ClNO3. The number of ether oxygens (including phenoxy) is 1. The maximum atomic E-state index is 12.5. The molecule has 3 aliphatic rings. The zero-order valence-electron chi connectivity index (χ0n) is 10.7. The topological polar surface area (TPSA) is 55.4 Å². The van der Waals surface area contributed by atoms with E-state index < -0.39 is 0 Å². The molecule has 0 unspecified atom stereocenters. The summed E-state index contributed by atoms with van der Waals surface area (Å²) in [4.78, 5) is 24.4. The molecular weight excluding hydrogens is 278 g/mol. The lowest BCUT2D eigenvalue weighted by molar-refractivity contribution is -0.145. The normalized spacial score (nSPS) is 37.0. The van der Waals surface area contributed by atoms with Gasteiger partial charge in [-0.05, 0) is 30.9 Å². The molecule has 20 heavy (non-hydrogen) atoms. The third kappa shape index (κ3) is 1.61. The van der Waals surface area contributed by atoms with E-state index in [1.165, 1.54) is 0 Å². The first kappa shape index (κ1) is 12.2. The van der Waals surface area contributed by atoms with Crippen LogP contribution in [0.25, 0.3) is 0 Å². The molecule has 1 N–H and O–H groups in total. The second-order valence-electron chi connectivity index (χ2n) is 5.89. The number of amides is 1. The third-order valence-electron chi connectivity index (χ3n) is 4.92. The van der Waals surface area contributed by atoms with E-state index >= 15 is 0 Å². The fraction of sp³-hybridized carbons (Fsp3) is 0.467. The van der Waals surface area contributed by atoms with Crippen LogP contribution in [0.3, 0.4) is 0 Å². The minimum Gasteiger partial charge on any atom is -0.462 e. The highest BCUT2D eigenvalue weighted by Gasteiger charge is 2.63. The number of halogens is 1. The Morgan fingerprint density at radius 2 is 2.10 bits per heavy atom. The van der Waals surface area contributed by atoms with Gasteiger partial charge in [-0.25, -0.2) is 0 Å². The van der Waals surface area contributed by atoms with Crippen molar-refractivity contribution in [1.82, 2.24) is 0 Å². The van der Waals surface area contributed by atoms with Crippen molar-refractivity contribution in [2.75, 3.05) is 5.32 Å². The van der Waals surface area contributed by atoms with E-state index in [0.29, 0.717) is 10.7 Å². The minimum absolute atomic E-state index is 0.0573. The van der Waals surface area contributed by atoms with Gasteiger partial charge in [0.2, 0.25) is 5.91 Å². The summed E-state index contributed by atoms with van der Waals surface area (Å²) in [7, 11) is 0. The molecule has 2 saturated carbocycles. The molecule has 1 aromatic carbocycles. The zero-order chi connectivity index (χ0) is 13.9. The maximum absolute atomic E-state index is 12.5. The van der Waals surface area contributed by atoms with E-state index in [2.05, 4.69) is 5.32 Å². The van der Waals surface area contributed by atoms with Crippen molar-refractivity contribution in [3.63, 3.8) is 0 Å². The molecule has 0 spiro atoms. The average molecular weight is 292 g/mol. The predicted molar refractivity (Wildman–Crippen MR) is 73.2 cm³/mol. The van der Waals surface area contributed by atoms with Gasteiger partial charge in [0, 0.05) is 5.92 Å². The second kappa shape index (κ2) is 4.22. The summed E-state index contributed by atoms with van der Waals surface area (Å²) in [6.45, 7) is 0. The van der Waals surface area contributed by atoms with Gasteiger partial charge in [-0.2, -0.15) is 0 Å². The first-order chi connectivity index (χ1) is 9.65. The van der Waals surface area contributed by atoms with Crippen LogP contribution in [-0.4, -0.2) is 18.0 Å². The predicted octanol–water partition coefficient (Wildman–Crippen LogP) is 2.48. The Labute approximate surface area is 121 Å². The van der Waals surface area contributed by atoms with Gasteiger partial charge in [-0.15, -0.1) is 0 Å². The van der Waals surface area contributed by atoms with Crippen molar-refractivity contribution >= 4 is 29.2 Å². The summed E-state index contributed by atoms with van der Waals surface area (Å²) in [5.74, 6) is -0.297. The van der Waals surface area contributed by atoms with Gasteiger partial charge >= 0.3 is 5.97 Å². The fourth-order valence-electron chi connectivity index (χ4n) is 4.14. The molecule has 5 heteroatoms. The Balaban J connectivity index is 1.58. The molecule has 0 radical (unpaired) electrons. The zero-order valence-corrected chi connectivity index (χ0v) is 11.5. The Hall–Kier alpha value is -1.55. The van der Waals surface area contributed by atoms with Crippen LogP contribution in [0, 0.1) is 23.7 Å². The lowest BCUT2D eigenvalue weighted by atomic mass is 9.79. The van der Waals surface area contributed by atoms with Crippen LogP contribution in [0.4, 0.5) is 5.69 Å². The molecule has 2 aliphatic carbocycles. The Morgan fingerprint density at radius 1 is 1.30 bits per heavy atom. The number of benzene rings is 1. The lowest BCUT2D eigenvalue weighted by Crippen LogP contribution is -2.35. The average Bonchev–Trinajstić information content (AvgIpc) is 3.02. The van der Waals surface area contributed by atoms with E-state index in [0.717, 1.165) is 12.8 Å². The first-order valence-electron chi connectivity index (χ1n) is 6.91. The monoisotopic (exact) mass is 291 g/mol. The number of carbonyl (C=O) groups excluding carboxylic acids is 2.